The van der Waals surface area contributed by atoms with E-state index in [-0.39, 0.29) is 12.5 Å². The molecule has 1 amide bonds. The highest BCUT2D eigenvalue weighted by Crippen LogP contribution is 2.22. The van der Waals surface area contributed by atoms with Gasteiger partial charge in [0.15, 0.2) is 0 Å². The molecule has 1 aliphatic heterocycles. The van der Waals surface area contributed by atoms with E-state index in [0.29, 0.717) is 25.2 Å². The van der Waals surface area contributed by atoms with Crippen LogP contribution >= 0.6 is 0 Å². The third kappa shape index (κ3) is 4.32. The lowest BCUT2D eigenvalue weighted by Gasteiger charge is -2.40. The molecule has 1 heterocycles. The number of hydrogen-bond donors (Lipinski definition) is 0. The van der Waals surface area contributed by atoms with Gasteiger partial charge < -0.3 is 4.90 Å². The smallest absolute Gasteiger partial charge is 0.237 e. The van der Waals surface area contributed by atoms with Crippen LogP contribution in [-0.2, 0) is 11.3 Å². The van der Waals surface area contributed by atoms with Gasteiger partial charge in [0.1, 0.15) is 0 Å². The predicted molar refractivity (Wildman–Crippen MR) is 87.0 cm³/mol. The zero-order valence-corrected chi connectivity index (χ0v) is 13.5. The highest BCUT2D eigenvalue weighted by molar-refractivity contribution is 5.79. The standard InChI is InChI=1S/C18H25N3O/c1-15-7-6-8-16(2)21(15)18(22)14-20(12-11-19)13-17-9-4-3-5-10-17/h3-5,9-10,15-16H,6-8,12-14H2,1-2H3/t15-,16+. The number of likely N-dealkylation sites (tertiary alicyclic amines) is 1. The molecule has 0 aliphatic carbocycles. The van der Waals surface area contributed by atoms with Gasteiger partial charge in [-0.15, -0.1) is 0 Å². The number of nitriles is 1. The summed E-state index contributed by atoms with van der Waals surface area (Å²) >= 11 is 0. The summed E-state index contributed by atoms with van der Waals surface area (Å²) in [5, 5.41) is 9.03. The summed E-state index contributed by atoms with van der Waals surface area (Å²) < 4.78 is 0. The van der Waals surface area contributed by atoms with Gasteiger partial charge in [-0.25, -0.2) is 0 Å². The maximum atomic E-state index is 12.7. The summed E-state index contributed by atoms with van der Waals surface area (Å²) in [6.45, 7) is 5.48. The summed E-state index contributed by atoms with van der Waals surface area (Å²) in [5.41, 5.74) is 1.13. The van der Waals surface area contributed by atoms with E-state index in [1.165, 1.54) is 6.42 Å². The van der Waals surface area contributed by atoms with Crippen LogP contribution in [0.3, 0.4) is 0 Å². The van der Waals surface area contributed by atoms with Crippen LogP contribution in [0.15, 0.2) is 30.3 Å². The first-order valence-electron chi connectivity index (χ1n) is 8.06. The molecule has 0 bridgehead atoms. The van der Waals surface area contributed by atoms with Gasteiger partial charge in [0, 0.05) is 18.6 Å². The summed E-state index contributed by atoms with van der Waals surface area (Å²) in [5.74, 6) is 0.144. The monoisotopic (exact) mass is 299 g/mol. The number of hydrogen-bond acceptors (Lipinski definition) is 3. The number of amides is 1. The minimum atomic E-state index is 0.144. The first-order chi connectivity index (χ1) is 10.6. The Labute approximate surface area is 133 Å². The van der Waals surface area contributed by atoms with Gasteiger partial charge in [0.05, 0.1) is 19.2 Å². The van der Waals surface area contributed by atoms with Crippen LogP contribution in [0.1, 0.15) is 38.7 Å². The first kappa shape index (κ1) is 16.5. The van der Waals surface area contributed by atoms with Crippen molar-refractivity contribution in [2.45, 2.75) is 51.7 Å². The van der Waals surface area contributed by atoms with Crippen LogP contribution in [-0.4, -0.2) is 40.9 Å². The number of carbonyl (C=O) groups is 1. The molecule has 1 aromatic rings. The molecule has 0 unspecified atom stereocenters. The van der Waals surface area contributed by atoms with E-state index in [0.717, 1.165) is 18.4 Å². The quantitative estimate of drug-likeness (QED) is 0.786. The molecular formula is C18H25N3O. The highest BCUT2D eigenvalue weighted by Gasteiger charge is 2.29. The van der Waals surface area contributed by atoms with Crippen LogP contribution < -0.4 is 0 Å². The minimum Gasteiger partial charge on any atom is -0.336 e. The number of carbonyl (C=O) groups excluding carboxylic acids is 1. The largest absolute Gasteiger partial charge is 0.336 e. The van der Waals surface area contributed by atoms with Crippen LogP contribution in [0.25, 0.3) is 0 Å². The van der Waals surface area contributed by atoms with Crippen LogP contribution in [0.4, 0.5) is 0 Å². The third-order valence-electron chi connectivity index (χ3n) is 4.38. The molecule has 0 N–H and O–H groups in total. The second-order valence-electron chi connectivity index (χ2n) is 6.22. The van der Waals surface area contributed by atoms with Crippen molar-refractivity contribution in [3.8, 4) is 6.07 Å². The fourth-order valence-electron chi connectivity index (χ4n) is 3.30. The molecule has 0 aromatic heterocycles. The van der Waals surface area contributed by atoms with Crippen molar-refractivity contribution >= 4 is 5.91 Å². The van der Waals surface area contributed by atoms with Crippen LogP contribution in [0.2, 0.25) is 0 Å². The Hall–Kier alpha value is -1.86. The normalized spacial score (nSPS) is 21.6. The first-order valence-corrected chi connectivity index (χ1v) is 8.06. The molecule has 22 heavy (non-hydrogen) atoms. The van der Waals surface area contributed by atoms with Gasteiger partial charge >= 0.3 is 0 Å². The Morgan fingerprint density at radius 3 is 2.50 bits per heavy atom. The fourth-order valence-corrected chi connectivity index (χ4v) is 3.30. The molecule has 0 saturated carbocycles. The van der Waals surface area contributed by atoms with E-state index < -0.39 is 0 Å². The van der Waals surface area contributed by atoms with Crippen molar-refractivity contribution in [2.75, 3.05) is 13.1 Å². The predicted octanol–water partition coefficient (Wildman–Crippen LogP) is 2.80. The maximum absolute atomic E-state index is 12.7. The van der Waals surface area contributed by atoms with Crippen molar-refractivity contribution in [1.29, 1.82) is 5.26 Å². The van der Waals surface area contributed by atoms with Gasteiger partial charge in [-0.1, -0.05) is 30.3 Å². The molecule has 1 aliphatic rings. The summed E-state index contributed by atoms with van der Waals surface area (Å²) in [6.07, 6.45) is 3.35. The van der Waals surface area contributed by atoms with Gasteiger partial charge in [-0.3, -0.25) is 9.69 Å². The highest BCUT2D eigenvalue weighted by atomic mass is 16.2. The molecule has 1 saturated heterocycles. The summed E-state index contributed by atoms with van der Waals surface area (Å²) in [7, 11) is 0. The lowest BCUT2D eigenvalue weighted by Crippen LogP contribution is -2.51. The van der Waals surface area contributed by atoms with Crippen molar-refractivity contribution < 1.29 is 4.79 Å². The van der Waals surface area contributed by atoms with Crippen molar-refractivity contribution in [2.24, 2.45) is 0 Å². The molecule has 2 rings (SSSR count). The molecule has 0 radical (unpaired) electrons. The Balaban J connectivity index is 2.00. The Kier molecular flexibility index (Phi) is 5.97. The summed E-state index contributed by atoms with van der Waals surface area (Å²) in [4.78, 5) is 16.6. The van der Waals surface area contributed by atoms with Crippen molar-refractivity contribution in [3.05, 3.63) is 35.9 Å². The zero-order valence-electron chi connectivity index (χ0n) is 13.5. The average molecular weight is 299 g/mol. The summed E-state index contributed by atoms with van der Waals surface area (Å²) in [6, 6.07) is 12.8. The van der Waals surface area contributed by atoms with E-state index in [9.17, 15) is 4.79 Å². The van der Waals surface area contributed by atoms with E-state index in [1.54, 1.807) is 0 Å². The molecule has 2 atom stereocenters. The number of nitrogens with zero attached hydrogens (tertiary/aromatic N) is 3. The van der Waals surface area contributed by atoms with E-state index in [1.807, 2.05) is 40.1 Å². The lowest BCUT2D eigenvalue weighted by atomic mass is 9.97. The van der Waals surface area contributed by atoms with E-state index >= 15 is 0 Å². The van der Waals surface area contributed by atoms with Gasteiger partial charge in [-0.05, 0) is 38.7 Å². The molecular weight excluding hydrogens is 274 g/mol. The molecule has 4 heteroatoms. The number of rotatable bonds is 5. The Morgan fingerprint density at radius 1 is 1.27 bits per heavy atom. The fraction of sp³-hybridized carbons (Fsp3) is 0.556. The van der Waals surface area contributed by atoms with Crippen LogP contribution in [0.5, 0.6) is 0 Å². The van der Waals surface area contributed by atoms with E-state index in [2.05, 4.69) is 19.9 Å². The minimum absolute atomic E-state index is 0.144. The molecule has 118 valence electrons. The number of benzene rings is 1. The SMILES string of the molecule is C[C@@H]1CCC[C@H](C)N1C(=O)CN(CC#N)Cc1ccccc1. The third-order valence-corrected chi connectivity index (χ3v) is 4.38. The van der Waals surface area contributed by atoms with Gasteiger partial charge in [0.25, 0.3) is 0 Å². The lowest BCUT2D eigenvalue weighted by molar-refractivity contribution is -0.138. The number of piperidine rings is 1. The maximum Gasteiger partial charge on any atom is 0.237 e. The van der Waals surface area contributed by atoms with E-state index in [4.69, 9.17) is 5.26 Å². The molecule has 1 fully saturated rings. The van der Waals surface area contributed by atoms with Crippen LogP contribution in [0, 0.1) is 11.3 Å². The topological polar surface area (TPSA) is 47.3 Å². The molecule has 4 nitrogen and oxygen atoms in total. The second-order valence-corrected chi connectivity index (χ2v) is 6.22. The zero-order chi connectivity index (χ0) is 15.9. The van der Waals surface area contributed by atoms with Crippen molar-refractivity contribution in [1.82, 2.24) is 9.80 Å². The Bertz CT molecular complexity index is 513. The average Bonchev–Trinajstić information content (AvgIpc) is 2.48. The van der Waals surface area contributed by atoms with Gasteiger partial charge in [0.2, 0.25) is 5.91 Å². The molecule has 0 spiro atoms. The second kappa shape index (κ2) is 7.95. The Morgan fingerprint density at radius 2 is 1.91 bits per heavy atom. The van der Waals surface area contributed by atoms with Crippen molar-refractivity contribution in [3.63, 3.8) is 0 Å². The van der Waals surface area contributed by atoms with Gasteiger partial charge in [-0.2, -0.15) is 5.26 Å². The molecule has 1 aromatic carbocycles.